The van der Waals surface area contributed by atoms with Gasteiger partial charge >= 0.3 is 5.97 Å². The molecule has 1 N–H and O–H groups in total. The van der Waals surface area contributed by atoms with Crippen molar-refractivity contribution in [2.75, 3.05) is 0 Å². The van der Waals surface area contributed by atoms with Crippen LogP contribution in [0.2, 0.25) is 0 Å². The second kappa shape index (κ2) is 10.4. The van der Waals surface area contributed by atoms with Gasteiger partial charge in [-0.05, 0) is 18.1 Å². The van der Waals surface area contributed by atoms with E-state index in [4.69, 9.17) is 9.47 Å². The maximum atomic E-state index is 12.1. The quantitative estimate of drug-likeness (QED) is 0.394. The van der Waals surface area contributed by atoms with Crippen molar-refractivity contribution in [2.24, 2.45) is 0 Å². The molecular formula is C26H28N4O5S. The van der Waals surface area contributed by atoms with Crippen LogP contribution in [0, 0.1) is 0 Å². The molecule has 3 aromatic rings. The third-order valence-electron chi connectivity index (χ3n) is 6.53. The molecule has 3 atom stereocenters. The Bertz CT molecular complexity index is 1220. The monoisotopic (exact) mass is 508 g/mol. The van der Waals surface area contributed by atoms with Gasteiger partial charge in [-0.25, -0.2) is 9.48 Å². The highest BCUT2D eigenvalue weighted by Gasteiger charge is 2.61. The van der Waals surface area contributed by atoms with Crippen molar-refractivity contribution in [3.63, 3.8) is 0 Å². The molecule has 0 saturated carbocycles. The minimum absolute atomic E-state index is 0.112. The molecular weight excluding hydrogens is 480 g/mol. The van der Waals surface area contributed by atoms with Gasteiger partial charge in [0, 0.05) is 0 Å². The maximum absolute atomic E-state index is 12.1. The van der Waals surface area contributed by atoms with E-state index in [1.54, 1.807) is 4.68 Å². The highest BCUT2D eigenvalue weighted by Crippen LogP contribution is 2.51. The Morgan fingerprint density at radius 3 is 2.22 bits per heavy atom. The Morgan fingerprint density at radius 2 is 1.64 bits per heavy atom. The van der Waals surface area contributed by atoms with E-state index in [-0.39, 0.29) is 31.0 Å². The van der Waals surface area contributed by atoms with Gasteiger partial charge < -0.3 is 19.5 Å². The summed E-state index contributed by atoms with van der Waals surface area (Å²) in [4.78, 5) is 25.8. The van der Waals surface area contributed by atoms with Gasteiger partial charge in [-0.3, -0.25) is 4.79 Å². The number of aromatic nitrogens is 3. The van der Waals surface area contributed by atoms with Gasteiger partial charge in [0.2, 0.25) is 5.91 Å². The van der Waals surface area contributed by atoms with Gasteiger partial charge in [0.05, 0.1) is 55.2 Å². The van der Waals surface area contributed by atoms with Crippen LogP contribution in [-0.2, 0) is 52.0 Å². The van der Waals surface area contributed by atoms with E-state index < -0.39 is 16.8 Å². The zero-order valence-corrected chi connectivity index (χ0v) is 20.8. The Hall–Kier alpha value is -3.21. The Labute approximate surface area is 213 Å². The third-order valence-corrected chi connectivity index (χ3v) is 8.08. The van der Waals surface area contributed by atoms with E-state index in [0.717, 1.165) is 16.8 Å². The highest BCUT2D eigenvalue weighted by atomic mass is 32.2. The molecule has 1 amide bonds. The molecule has 36 heavy (non-hydrogen) atoms. The number of thioether (sulfide) groups is 1. The fourth-order valence-corrected chi connectivity index (χ4v) is 6.47. The van der Waals surface area contributed by atoms with E-state index in [0.29, 0.717) is 25.3 Å². The summed E-state index contributed by atoms with van der Waals surface area (Å²) in [5, 5.41) is 18.5. The molecule has 10 heteroatoms. The van der Waals surface area contributed by atoms with Crippen molar-refractivity contribution >= 4 is 23.6 Å². The van der Waals surface area contributed by atoms with Crippen LogP contribution in [-0.4, -0.2) is 53.0 Å². The average Bonchev–Trinajstić information content (AvgIpc) is 3.35. The summed E-state index contributed by atoms with van der Waals surface area (Å²) in [5.41, 5.74) is 3.49. The van der Waals surface area contributed by atoms with Crippen molar-refractivity contribution < 1.29 is 24.2 Å². The lowest BCUT2D eigenvalue weighted by molar-refractivity contribution is -0.157. The topological polar surface area (TPSA) is 107 Å². The van der Waals surface area contributed by atoms with Crippen molar-refractivity contribution in [1.29, 1.82) is 0 Å². The standard InChI is InChI=1S/C26H28N4O5S/c1-26(24(25(32)33)30-22(31)12-23(30)36-26)17-29-21(16-35-14-19-10-6-3-7-11-19)20(27-28-29)15-34-13-18-8-4-2-5-9-18/h2-11,23-24H,12-17H2,1H3,(H,32,33). The molecule has 0 spiro atoms. The summed E-state index contributed by atoms with van der Waals surface area (Å²) in [5.74, 6) is -1.13. The molecule has 9 nitrogen and oxygen atoms in total. The van der Waals surface area contributed by atoms with Gasteiger partial charge in [0.25, 0.3) is 0 Å². The van der Waals surface area contributed by atoms with Crippen molar-refractivity contribution in [3.8, 4) is 0 Å². The van der Waals surface area contributed by atoms with Crippen molar-refractivity contribution in [1.82, 2.24) is 19.9 Å². The number of nitrogens with zero attached hydrogens (tertiary/aromatic N) is 4. The van der Waals surface area contributed by atoms with Crippen LogP contribution in [0.1, 0.15) is 35.9 Å². The number of fused-ring (bicyclic) bond motifs is 1. The summed E-state index contributed by atoms with van der Waals surface area (Å²) >= 11 is 1.52. The van der Waals surface area contributed by atoms with Crippen LogP contribution in [0.4, 0.5) is 0 Å². The molecule has 0 bridgehead atoms. The van der Waals surface area contributed by atoms with Crippen LogP contribution < -0.4 is 0 Å². The van der Waals surface area contributed by atoms with E-state index in [1.165, 1.54) is 16.7 Å². The average molecular weight is 509 g/mol. The van der Waals surface area contributed by atoms with Gasteiger partial charge in [0.15, 0.2) is 0 Å². The Morgan fingerprint density at radius 1 is 1.03 bits per heavy atom. The largest absolute Gasteiger partial charge is 0.480 e. The molecule has 2 aliphatic heterocycles. The first-order chi connectivity index (χ1) is 17.4. The number of aliphatic carboxylic acids is 1. The fraction of sp³-hybridized carbons (Fsp3) is 0.385. The molecule has 2 aliphatic rings. The number of carbonyl (C=O) groups excluding carboxylic acids is 1. The molecule has 2 saturated heterocycles. The molecule has 188 valence electrons. The predicted octanol–water partition coefficient (Wildman–Crippen LogP) is 3.23. The SMILES string of the molecule is CC1(Cn2nnc(COCc3ccccc3)c2COCc2ccccc2)SC2CC(=O)N2C1C(=O)O. The number of β-lactam (4-membered cyclic amide) rings is 1. The van der Waals surface area contributed by atoms with E-state index >= 15 is 0 Å². The summed E-state index contributed by atoms with van der Waals surface area (Å²) in [7, 11) is 0. The molecule has 0 aliphatic carbocycles. The maximum Gasteiger partial charge on any atom is 0.327 e. The van der Waals surface area contributed by atoms with Gasteiger partial charge in [0.1, 0.15) is 11.7 Å². The summed E-state index contributed by atoms with van der Waals surface area (Å²) in [6.45, 7) is 3.51. The summed E-state index contributed by atoms with van der Waals surface area (Å²) in [6.07, 6.45) is 0.368. The number of hydrogen-bond donors (Lipinski definition) is 1. The minimum Gasteiger partial charge on any atom is -0.480 e. The summed E-state index contributed by atoms with van der Waals surface area (Å²) < 4.78 is 12.9. The molecule has 1 aromatic heterocycles. The van der Waals surface area contributed by atoms with Crippen LogP contribution in [0.15, 0.2) is 60.7 Å². The number of carboxylic acid groups (broad SMARTS) is 1. The number of hydrogen-bond acceptors (Lipinski definition) is 7. The molecule has 2 aromatic carbocycles. The van der Waals surface area contributed by atoms with Crippen LogP contribution in [0.25, 0.3) is 0 Å². The van der Waals surface area contributed by atoms with Crippen LogP contribution in [0.3, 0.4) is 0 Å². The molecule has 0 radical (unpaired) electrons. The third kappa shape index (κ3) is 5.02. The first-order valence-corrected chi connectivity index (χ1v) is 12.7. The lowest BCUT2D eigenvalue weighted by Crippen LogP contribution is -2.58. The predicted molar refractivity (Wildman–Crippen MR) is 133 cm³/mol. The highest BCUT2D eigenvalue weighted by molar-refractivity contribution is 8.01. The molecule has 2 fully saturated rings. The summed E-state index contributed by atoms with van der Waals surface area (Å²) in [6, 6.07) is 18.8. The smallest absolute Gasteiger partial charge is 0.327 e. The van der Waals surface area contributed by atoms with Gasteiger partial charge in [-0.15, -0.1) is 16.9 Å². The van der Waals surface area contributed by atoms with Crippen LogP contribution >= 0.6 is 11.8 Å². The second-order valence-electron chi connectivity index (χ2n) is 9.23. The number of amides is 1. The normalized spacial score (nSPS) is 22.9. The minimum atomic E-state index is -1.01. The van der Waals surface area contributed by atoms with E-state index in [2.05, 4.69) is 10.3 Å². The first kappa shape index (κ1) is 24.5. The molecule has 5 rings (SSSR count). The molecule has 3 unspecified atom stereocenters. The lowest BCUT2D eigenvalue weighted by Gasteiger charge is -2.37. The van der Waals surface area contributed by atoms with Crippen molar-refractivity contribution in [2.45, 2.75) is 62.5 Å². The Balaban J connectivity index is 1.33. The van der Waals surface area contributed by atoms with E-state index in [9.17, 15) is 14.7 Å². The van der Waals surface area contributed by atoms with Gasteiger partial charge in [-0.2, -0.15) is 0 Å². The number of carboxylic acids is 1. The fourth-order valence-electron chi connectivity index (χ4n) is 4.73. The number of benzene rings is 2. The molecule has 3 heterocycles. The zero-order valence-electron chi connectivity index (χ0n) is 19.9. The number of rotatable bonds is 11. The Kier molecular flexibility index (Phi) is 7.08. The zero-order chi connectivity index (χ0) is 25.1. The lowest BCUT2D eigenvalue weighted by atomic mass is 9.96. The number of ether oxygens (including phenoxy) is 2. The van der Waals surface area contributed by atoms with Gasteiger partial charge in [-0.1, -0.05) is 65.9 Å². The number of carbonyl (C=O) groups is 2. The van der Waals surface area contributed by atoms with E-state index in [1.807, 2.05) is 67.6 Å². The van der Waals surface area contributed by atoms with Crippen LogP contribution in [0.5, 0.6) is 0 Å². The first-order valence-electron chi connectivity index (χ1n) is 11.8. The second-order valence-corrected chi connectivity index (χ2v) is 10.9. The van der Waals surface area contributed by atoms with Crippen molar-refractivity contribution in [3.05, 3.63) is 83.2 Å².